The summed E-state index contributed by atoms with van der Waals surface area (Å²) in [4.78, 5) is 23.2. The third-order valence-corrected chi connectivity index (χ3v) is 3.97. The van der Waals surface area contributed by atoms with Gasteiger partial charge >= 0.3 is 12.0 Å². The Labute approximate surface area is 115 Å². The Morgan fingerprint density at radius 2 is 1.79 bits per heavy atom. The number of rotatable bonds is 5. The molecule has 1 aliphatic carbocycles. The highest BCUT2D eigenvalue weighted by atomic mass is 16.4. The molecule has 0 spiro atoms. The van der Waals surface area contributed by atoms with Gasteiger partial charge in [0.2, 0.25) is 0 Å². The van der Waals surface area contributed by atoms with Gasteiger partial charge in [0.05, 0.1) is 5.92 Å². The van der Waals surface area contributed by atoms with Crippen molar-refractivity contribution in [3.05, 3.63) is 0 Å². The lowest BCUT2D eigenvalue weighted by molar-refractivity contribution is -0.142. The molecule has 0 radical (unpaired) electrons. The van der Waals surface area contributed by atoms with E-state index in [0.717, 1.165) is 38.5 Å². The zero-order valence-electron chi connectivity index (χ0n) is 11.9. The summed E-state index contributed by atoms with van der Waals surface area (Å²) in [7, 11) is 0. The van der Waals surface area contributed by atoms with E-state index >= 15 is 0 Å². The molecule has 2 unspecified atom stereocenters. The zero-order chi connectivity index (χ0) is 14.3. The van der Waals surface area contributed by atoms with Crippen LogP contribution in [0.3, 0.4) is 0 Å². The van der Waals surface area contributed by atoms with E-state index in [1.807, 2.05) is 13.8 Å². The molecule has 1 rings (SSSR count). The van der Waals surface area contributed by atoms with Gasteiger partial charge in [-0.25, -0.2) is 4.79 Å². The van der Waals surface area contributed by atoms with Crippen molar-refractivity contribution in [3.8, 4) is 0 Å². The predicted molar refractivity (Wildman–Crippen MR) is 74.0 cm³/mol. The van der Waals surface area contributed by atoms with E-state index in [-0.39, 0.29) is 18.1 Å². The minimum absolute atomic E-state index is 0.161. The van der Waals surface area contributed by atoms with Crippen LogP contribution in [0.15, 0.2) is 0 Å². The van der Waals surface area contributed by atoms with Crippen LogP contribution in [0.2, 0.25) is 0 Å². The smallest absolute Gasteiger partial charge is 0.315 e. The lowest BCUT2D eigenvalue weighted by Crippen LogP contribution is -2.49. The minimum atomic E-state index is -0.797. The summed E-state index contributed by atoms with van der Waals surface area (Å²) in [6.45, 7) is 4.06. The van der Waals surface area contributed by atoms with E-state index in [2.05, 4.69) is 10.6 Å². The van der Waals surface area contributed by atoms with E-state index in [1.54, 1.807) is 0 Å². The first-order chi connectivity index (χ1) is 9.08. The number of aliphatic carboxylic acids is 1. The number of carboxylic acid groups (broad SMARTS) is 1. The second kappa shape index (κ2) is 8.02. The maximum absolute atomic E-state index is 11.9. The van der Waals surface area contributed by atoms with Gasteiger partial charge in [-0.2, -0.15) is 0 Å². The van der Waals surface area contributed by atoms with Crippen molar-refractivity contribution in [2.24, 2.45) is 5.92 Å². The van der Waals surface area contributed by atoms with Crippen molar-refractivity contribution in [1.29, 1.82) is 0 Å². The summed E-state index contributed by atoms with van der Waals surface area (Å²) in [6, 6.07) is -0.310. The maximum atomic E-state index is 11.9. The summed E-state index contributed by atoms with van der Waals surface area (Å²) >= 11 is 0. The molecule has 0 aromatic heterocycles. The molecular formula is C14H26N2O3. The topological polar surface area (TPSA) is 78.4 Å². The monoisotopic (exact) mass is 270 g/mol. The molecule has 5 heteroatoms. The van der Waals surface area contributed by atoms with Gasteiger partial charge in [0.15, 0.2) is 0 Å². The van der Waals surface area contributed by atoms with Crippen molar-refractivity contribution >= 4 is 12.0 Å². The normalized spacial score (nSPS) is 23.7. The van der Waals surface area contributed by atoms with Crippen LogP contribution >= 0.6 is 0 Å². The molecule has 1 fully saturated rings. The number of carbonyl (C=O) groups excluding carboxylic acids is 1. The SMILES string of the molecule is CCC(CC)NC(=O)NC1CCCCCC1C(=O)O. The largest absolute Gasteiger partial charge is 0.481 e. The second-order valence-corrected chi connectivity index (χ2v) is 5.32. The number of hydrogen-bond donors (Lipinski definition) is 3. The molecule has 3 N–H and O–H groups in total. The molecule has 110 valence electrons. The Morgan fingerprint density at radius 1 is 1.16 bits per heavy atom. The van der Waals surface area contributed by atoms with E-state index in [0.29, 0.717) is 6.42 Å². The van der Waals surface area contributed by atoms with Crippen LogP contribution in [0.5, 0.6) is 0 Å². The van der Waals surface area contributed by atoms with Crippen molar-refractivity contribution in [2.75, 3.05) is 0 Å². The molecule has 0 aromatic carbocycles. The first-order valence-electron chi connectivity index (χ1n) is 7.38. The van der Waals surface area contributed by atoms with Gasteiger partial charge in [0.1, 0.15) is 0 Å². The number of urea groups is 1. The average molecular weight is 270 g/mol. The Kier molecular flexibility index (Phi) is 6.67. The predicted octanol–water partition coefficient (Wildman–Crippen LogP) is 2.51. The van der Waals surface area contributed by atoms with Crippen LogP contribution in [-0.2, 0) is 4.79 Å². The van der Waals surface area contributed by atoms with Crippen molar-refractivity contribution in [1.82, 2.24) is 10.6 Å². The lowest BCUT2D eigenvalue weighted by Gasteiger charge is -2.24. The number of carbonyl (C=O) groups is 2. The molecule has 0 bridgehead atoms. The molecule has 19 heavy (non-hydrogen) atoms. The lowest BCUT2D eigenvalue weighted by atomic mass is 9.95. The second-order valence-electron chi connectivity index (χ2n) is 5.32. The third kappa shape index (κ3) is 5.09. The maximum Gasteiger partial charge on any atom is 0.315 e. The summed E-state index contributed by atoms with van der Waals surface area (Å²) in [5, 5.41) is 15.0. The molecular weight excluding hydrogens is 244 g/mol. The van der Waals surface area contributed by atoms with Crippen molar-refractivity contribution < 1.29 is 14.7 Å². The van der Waals surface area contributed by atoms with Gasteiger partial charge in [0.25, 0.3) is 0 Å². The minimum Gasteiger partial charge on any atom is -0.481 e. The summed E-state index contributed by atoms with van der Waals surface area (Å²) in [5.74, 6) is -1.25. The Hall–Kier alpha value is -1.26. The zero-order valence-corrected chi connectivity index (χ0v) is 11.9. The van der Waals surface area contributed by atoms with Gasteiger partial charge in [-0.1, -0.05) is 33.1 Å². The Balaban J connectivity index is 2.55. The summed E-state index contributed by atoms with van der Waals surface area (Å²) in [6.07, 6.45) is 6.16. The first-order valence-corrected chi connectivity index (χ1v) is 7.38. The van der Waals surface area contributed by atoms with Gasteiger partial charge in [-0.15, -0.1) is 0 Å². The number of hydrogen-bond acceptors (Lipinski definition) is 2. The highest BCUT2D eigenvalue weighted by Gasteiger charge is 2.30. The van der Waals surface area contributed by atoms with Crippen LogP contribution in [0.1, 0.15) is 58.8 Å². The fraction of sp³-hybridized carbons (Fsp3) is 0.857. The van der Waals surface area contributed by atoms with E-state index < -0.39 is 11.9 Å². The quantitative estimate of drug-likeness (QED) is 0.672. The van der Waals surface area contributed by atoms with Gasteiger partial charge in [-0.3, -0.25) is 4.79 Å². The van der Waals surface area contributed by atoms with E-state index in [1.165, 1.54) is 0 Å². The average Bonchev–Trinajstić information content (AvgIpc) is 2.61. The van der Waals surface area contributed by atoms with Gasteiger partial charge in [-0.05, 0) is 25.7 Å². The van der Waals surface area contributed by atoms with Crippen molar-refractivity contribution in [2.45, 2.75) is 70.9 Å². The highest BCUT2D eigenvalue weighted by Crippen LogP contribution is 2.23. The van der Waals surface area contributed by atoms with Gasteiger partial charge in [0, 0.05) is 12.1 Å². The molecule has 1 aliphatic rings. The van der Waals surface area contributed by atoms with Crippen LogP contribution in [0.25, 0.3) is 0 Å². The standard InChI is InChI=1S/C14H26N2O3/c1-3-10(4-2)15-14(19)16-12-9-7-5-6-8-11(12)13(17)18/h10-12H,3-9H2,1-2H3,(H,17,18)(H2,15,16,19). The first kappa shape index (κ1) is 15.8. The molecule has 0 aromatic rings. The molecule has 5 nitrogen and oxygen atoms in total. The molecule has 2 amide bonds. The van der Waals surface area contributed by atoms with E-state index in [4.69, 9.17) is 0 Å². The molecule has 1 saturated carbocycles. The van der Waals surface area contributed by atoms with Gasteiger partial charge < -0.3 is 15.7 Å². The van der Waals surface area contributed by atoms with E-state index in [9.17, 15) is 14.7 Å². The fourth-order valence-corrected chi connectivity index (χ4v) is 2.66. The summed E-state index contributed by atoms with van der Waals surface area (Å²) < 4.78 is 0. The van der Waals surface area contributed by atoms with Crippen molar-refractivity contribution in [3.63, 3.8) is 0 Å². The number of carboxylic acids is 1. The fourth-order valence-electron chi connectivity index (χ4n) is 2.66. The van der Waals surface area contributed by atoms with Crippen LogP contribution in [-0.4, -0.2) is 29.2 Å². The number of nitrogens with one attached hydrogen (secondary N) is 2. The van der Waals surface area contributed by atoms with Crippen LogP contribution in [0, 0.1) is 5.92 Å². The molecule has 0 aliphatic heterocycles. The highest BCUT2D eigenvalue weighted by molar-refractivity contribution is 5.77. The number of amides is 2. The molecule has 0 saturated heterocycles. The van der Waals surface area contributed by atoms with Crippen LogP contribution in [0.4, 0.5) is 4.79 Å². The molecule has 2 atom stereocenters. The Bertz CT molecular complexity index is 303. The molecule has 0 heterocycles. The summed E-state index contributed by atoms with van der Waals surface area (Å²) in [5.41, 5.74) is 0. The third-order valence-electron chi connectivity index (χ3n) is 3.97. The Morgan fingerprint density at radius 3 is 2.37 bits per heavy atom. The van der Waals surface area contributed by atoms with Crippen LogP contribution < -0.4 is 10.6 Å².